The van der Waals surface area contributed by atoms with Gasteiger partial charge in [-0.25, -0.2) is 0 Å². The number of carbonyl (C=O) groups is 1. The highest BCUT2D eigenvalue weighted by Gasteiger charge is 2.37. The summed E-state index contributed by atoms with van der Waals surface area (Å²) in [6.07, 6.45) is 0. The second-order valence-electron chi connectivity index (χ2n) is 5.45. The zero-order valence-electron chi connectivity index (χ0n) is 11.9. The number of hydrogen-bond donors (Lipinski definition) is 0. The highest BCUT2D eigenvalue weighted by Crippen LogP contribution is 2.44. The summed E-state index contributed by atoms with van der Waals surface area (Å²) in [5, 5.41) is 0. The lowest BCUT2D eigenvalue weighted by atomic mass is 9.89. The molecule has 0 bridgehead atoms. The minimum Gasteiger partial charge on any atom is -0.454 e. The van der Waals surface area contributed by atoms with E-state index in [0.29, 0.717) is 0 Å². The third kappa shape index (κ3) is 1.65. The van der Waals surface area contributed by atoms with Crippen LogP contribution in [0.15, 0.2) is 36.4 Å². The standard InChI is InChI=1S/C17H15NO3/c1-10-7-14-15(21-9-20-14)8-12(10)16-11-5-3-4-6-13(11)18(2)17(16)19/h3-8,16H,9H2,1-2H3. The van der Waals surface area contributed by atoms with Crippen LogP contribution in [0.2, 0.25) is 0 Å². The number of para-hydroxylation sites is 1. The van der Waals surface area contributed by atoms with Crippen molar-refractivity contribution < 1.29 is 14.3 Å². The minimum atomic E-state index is -0.263. The van der Waals surface area contributed by atoms with Gasteiger partial charge >= 0.3 is 0 Å². The summed E-state index contributed by atoms with van der Waals surface area (Å²) in [5.41, 5.74) is 4.06. The Bertz CT molecular complexity index is 754. The van der Waals surface area contributed by atoms with Gasteiger partial charge in [0, 0.05) is 12.7 Å². The number of hydrogen-bond acceptors (Lipinski definition) is 3. The fraction of sp³-hybridized carbons (Fsp3) is 0.235. The summed E-state index contributed by atoms with van der Waals surface area (Å²) in [4.78, 5) is 14.4. The van der Waals surface area contributed by atoms with Crippen molar-refractivity contribution in [1.82, 2.24) is 0 Å². The van der Waals surface area contributed by atoms with Crippen LogP contribution in [0.3, 0.4) is 0 Å². The van der Waals surface area contributed by atoms with Crippen molar-refractivity contribution >= 4 is 11.6 Å². The van der Waals surface area contributed by atoms with Gasteiger partial charge in [-0.05, 0) is 41.8 Å². The molecule has 0 spiro atoms. The van der Waals surface area contributed by atoms with Crippen LogP contribution in [-0.2, 0) is 4.79 Å². The van der Waals surface area contributed by atoms with E-state index in [1.54, 1.807) is 4.90 Å². The predicted octanol–water partition coefficient (Wildman–Crippen LogP) is 2.83. The van der Waals surface area contributed by atoms with Crippen LogP contribution in [0.1, 0.15) is 22.6 Å². The van der Waals surface area contributed by atoms with Crippen molar-refractivity contribution in [3.05, 3.63) is 53.1 Å². The molecule has 21 heavy (non-hydrogen) atoms. The third-order valence-electron chi connectivity index (χ3n) is 4.26. The van der Waals surface area contributed by atoms with E-state index in [9.17, 15) is 4.79 Å². The molecule has 4 heteroatoms. The number of benzene rings is 2. The lowest BCUT2D eigenvalue weighted by molar-refractivity contribution is -0.118. The molecule has 0 saturated carbocycles. The molecule has 0 N–H and O–H groups in total. The number of likely N-dealkylation sites (N-methyl/N-ethyl adjacent to an activating group) is 1. The van der Waals surface area contributed by atoms with E-state index in [4.69, 9.17) is 9.47 Å². The van der Waals surface area contributed by atoms with E-state index in [2.05, 4.69) is 0 Å². The maximum atomic E-state index is 12.7. The molecule has 1 atom stereocenters. The van der Waals surface area contributed by atoms with Gasteiger partial charge in [0.15, 0.2) is 11.5 Å². The lowest BCUT2D eigenvalue weighted by Gasteiger charge is -2.14. The fourth-order valence-electron chi connectivity index (χ4n) is 3.15. The molecular weight excluding hydrogens is 266 g/mol. The van der Waals surface area contributed by atoms with Gasteiger partial charge in [-0.15, -0.1) is 0 Å². The van der Waals surface area contributed by atoms with E-state index in [-0.39, 0.29) is 18.6 Å². The first-order valence-corrected chi connectivity index (χ1v) is 6.93. The average molecular weight is 281 g/mol. The van der Waals surface area contributed by atoms with Crippen molar-refractivity contribution in [2.24, 2.45) is 0 Å². The van der Waals surface area contributed by atoms with Gasteiger partial charge < -0.3 is 14.4 Å². The summed E-state index contributed by atoms with van der Waals surface area (Å²) >= 11 is 0. The molecule has 1 amide bonds. The van der Waals surface area contributed by atoms with Gasteiger partial charge in [-0.1, -0.05) is 18.2 Å². The Labute approximate surface area is 122 Å². The number of fused-ring (bicyclic) bond motifs is 2. The Balaban J connectivity index is 1.89. The summed E-state index contributed by atoms with van der Waals surface area (Å²) in [7, 11) is 1.82. The summed E-state index contributed by atoms with van der Waals surface area (Å²) in [6, 6.07) is 11.8. The van der Waals surface area contributed by atoms with Gasteiger partial charge in [0.05, 0.1) is 5.92 Å². The molecule has 4 nitrogen and oxygen atoms in total. The van der Waals surface area contributed by atoms with Crippen LogP contribution in [0.4, 0.5) is 5.69 Å². The monoisotopic (exact) mass is 281 g/mol. The smallest absolute Gasteiger partial charge is 0.238 e. The Morgan fingerprint density at radius 1 is 1.10 bits per heavy atom. The van der Waals surface area contributed by atoms with E-state index in [0.717, 1.165) is 33.9 Å². The largest absolute Gasteiger partial charge is 0.454 e. The van der Waals surface area contributed by atoms with E-state index in [1.165, 1.54) is 0 Å². The first kappa shape index (κ1) is 12.3. The summed E-state index contributed by atoms with van der Waals surface area (Å²) in [6.45, 7) is 2.25. The average Bonchev–Trinajstić information content (AvgIpc) is 3.03. The van der Waals surface area contributed by atoms with Crippen molar-refractivity contribution in [2.45, 2.75) is 12.8 Å². The molecule has 2 aliphatic heterocycles. The molecule has 0 aromatic heterocycles. The summed E-state index contributed by atoms with van der Waals surface area (Å²) in [5.74, 6) is 1.30. The predicted molar refractivity (Wildman–Crippen MR) is 79.0 cm³/mol. The van der Waals surface area contributed by atoms with Crippen molar-refractivity contribution in [2.75, 3.05) is 18.7 Å². The van der Waals surface area contributed by atoms with Crippen LogP contribution >= 0.6 is 0 Å². The van der Waals surface area contributed by atoms with Crippen LogP contribution < -0.4 is 14.4 Å². The molecule has 4 rings (SSSR count). The topological polar surface area (TPSA) is 38.8 Å². The number of anilines is 1. The molecule has 0 fully saturated rings. The van der Waals surface area contributed by atoms with Gasteiger partial charge in [0.25, 0.3) is 0 Å². The van der Waals surface area contributed by atoms with Gasteiger partial charge in [-0.2, -0.15) is 0 Å². The third-order valence-corrected chi connectivity index (χ3v) is 4.26. The van der Waals surface area contributed by atoms with Crippen LogP contribution in [-0.4, -0.2) is 19.7 Å². The first-order chi connectivity index (χ1) is 10.2. The number of aryl methyl sites for hydroxylation is 1. The second kappa shape index (κ2) is 4.25. The lowest BCUT2D eigenvalue weighted by Crippen LogP contribution is -2.24. The number of ether oxygens (including phenoxy) is 2. The SMILES string of the molecule is Cc1cc2c(cc1C1C(=O)N(C)c3ccccc31)OCO2. The van der Waals surface area contributed by atoms with Crippen LogP contribution in [0.25, 0.3) is 0 Å². The minimum absolute atomic E-state index is 0.0955. The number of amides is 1. The van der Waals surface area contributed by atoms with Crippen LogP contribution in [0.5, 0.6) is 11.5 Å². The Morgan fingerprint density at radius 3 is 2.62 bits per heavy atom. The van der Waals surface area contributed by atoms with Gasteiger partial charge in [-0.3, -0.25) is 4.79 Å². The van der Waals surface area contributed by atoms with E-state index < -0.39 is 0 Å². The molecule has 0 radical (unpaired) electrons. The number of carbonyl (C=O) groups excluding carboxylic acids is 1. The molecule has 106 valence electrons. The fourth-order valence-corrected chi connectivity index (χ4v) is 3.15. The molecule has 0 aliphatic carbocycles. The molecule has 2 aromatic carbocycles. The first-order valence-electron chi connectivity index (χ1n) is 6.93. The quantitative estimate of drug-likeness (QED) is 0.807. The molecule has 2 heterocycles. The Morgan fingerprint density at radius 2 is 1.81 bits per heavy atom. The molecule has 2 aliphatic rings. The molecule has 0 saturated heterocycles. The number of nitrogens with zero attached hydrogens (tertiary/aromatic N) is 1. The highest BCUT2D eigenvalue weighted by atomic mass is 16.7. The van der Waals surface area contributed by atoms with Crippen molar-refractivity contribution in [1.29, 1.82) is 0 Å². The molecule has 1 unspecified atom stereocenters. The normalized spacial score (nSPS) is 19.0. The van der Waals surface area contributed by atoms with Gasteiger partial charge in [0.1, 0.15) is 0 Å². The highest BCUT2D eigenvalue weighted by molar-refractivity contribution is 6.06. The van der Waals surface area contributed by atoms with Crippen molar-refractivity contribution in [3.63, 3.8) is 0 Å². The summed E-state index contributed by atoms with van der Waals surface area (Å²) < 4.78 is 10.9. The van der Waals surface area contributed by atoms with Crippen molar-refractivity contribution in [3.8, 4) is 11.5 Å². The Kier molecular flexibility index (Phi) is 2.48. The van der Waals surface area contributed by atoms with E-state index in [1.807, 2.05) is 50.4 Å². The zero-order chi connectivity index (χ0) is 14.6. The maximum absolute atomic E-state index is 12.7. The zero-order valence-corrected chi connectivity index (χ0v) is 11.9. The Hall–Kier alpha value is -2.49. The molecule has 2 aromatic rings. The second-order valence-corrected chi connectivity index (χ2v) is 5.45. The maximum Gasteiger partial charge on any atom is 0.238 e. The van der Waals surface area contributed by atoms with Crippen LogP contribution in [0, 0.1) is 6.92 Å². The number of rotatable bonds is 1. The van der Waals surface area contributed by atoms with E-state index >= 15 is 0 Å². The molecular formula is C17H15NO3. The van der Waals surface area contributed by atoms with Gasteiger partial charge in [0.2, 0.25) is 12.7 Å².